The molecule has 4 aromatic rings. The number of hydrogen-bond acceptors (Lipinski definition) is 6. The number of carbonyl (C=O) groups is 1. The Labute approximate surface area is 166 Å². The van der Waals surface area contributed by atoms with Crippen molar-refractivity contribution in [3.8, 4) is 16.3 Å². The number of nitrogens with one attached hydrogen (secondary N) is 1. The van der Waals surface area contributed by atoms with E-state index in [0.717, 1.165) is 33.3 Å². The summed E-state index contributed by atoms with van der Waals surface area (Å²) in [6, 6.07) is 13.1. The van der Waals surface area contributed by atoms with Crippen LogP contribution in [0.2, 0.25) is 0 Å². The van der Waals surface area contributed by atoms with E-state index in [0.29, 0.717) is 17.0 Å². The van der Waals surface area contributed by atoms with Gasteiger partial charge in [0, 0.05) is 17.5 Å². The number of benzene rings is 2. The Hall–Kier alpha value is -3.26. The van der Waals surface area contributed by atoms with Crippen molar-refractivity contribution in [1.29, 1.82) is 0 Å². The van der Waals surface area contributed by atoms with E-state index in [9.17, 15) is 4.79 Å². The van der Waals surface area contributed by atoms with Crippen LogP contribution < -0.4 is 10.1 Å². The van der Waals surface area contributed by atoms with E-state index in [1.807, 2.05) is 50.2 Å². The molecule has 4 rings (SSSR count). The second-order valence-corrected chi connectivity index (χ2v) is 7.27. The molecule has 7 nitrogen and oxygen atoms in total. The number of amides is 1. The zero-order valence-electron chi connectivity index (χ0n) is 15.8. The molecule has 1 amide bonds. The van der Waals surface area contributed by atoms with Gasteiger partial charge in [0.2, 0.25) is 4.96 Å². The first-order valence-corrected chi connectivity index (χ1v) is 9.68. The molecule has 0 unspecified atom stereocenters. The van der Waals surface area contributed by atoms with Gasteiger partial charge in [-0.15, -0.1) is 10.2 Å². The van der Waals surface area contributed by atoms with Gasteiger partial charge in [-0.1, -0.05) is 36.0 Å². The minimum Gasteiger partial charge on any atom is -0.495 e. The third-order valence-corrected chi connectivity index (χ3v) is 5.29. The molecular weight excluding hydrogens is 374 g/mol. The zero-order chi connectivity index (χ0) is 19.7. The van der Waals surface area contributed by atoms with Crippen LogP contribution >= 0.6 is 11.3 Å². The summed E-state index contributed by atoms with van der Waals surface area (Å²) in [6.45, 7) is 3.97. The number of ether oxygens (including phenoxy) is 1. The number of aryl methyl sites for hydroxylation is 2. The van der Waals surface area contributed by atoms with Crippen LogP contribution in [0.25, 0.3) is 15.5 Å². The van der Waals surface area contributed by atoms with Gasteiger partial charge in [-0.25, -0.2) is 0 Å². The van der Waals surface area contributed by atoms with Gasteiger partial charge in [0.1, 0.15) is 10.8 Å². The lowest BCUT2D eigenvalue weighted by molar-refractivity contribution is 0.102. The van der Waals surface area contributed by atoms with Crippen LogP contribution in [0.3, 0.4) is 0 Å². The predicted octanol–water partition coefficient (Wildman–Crippen LogP) is 3.98. The number of anilines is 1. The first kappa shape index (κ1) is 18.1. The number of rotatable bonds is 5. The lowest BCUT2D eigenvalue weighted by Gasteiger charge is -2.11. The molecule has 0 aliphatic rings. The van der Waals surface area contributed by atoms with Crippen molar-refractivity contribution in [3.05, 3.63) is 59.4 Å². The maximum atomic E-state index is 12.7. The molecule has 2 aromatic carbocycles. The minimum atomic E-state index is -0.189. The lowest BCUT2D eigenvalue weighted by Crippen LogP contribution is -2.12. The molecule has 0 spiro atoms. The summed E-state index contributed by atoms with van der Waals surface area (Å²) < 4.78 is 7.18. The maximum absolute atomic E-state index is 12.7. The van der Waals surface area contributed by atoms with E-state index < -0.39 is 0 Å². The van der Waals surface area contributed by atoms with Crippen molar-refractivity contribution in [3.63, 3.8) is 0 Å². The molecule has 0 saturated carbocycles. The highest BCUT2D eigenvalue weighted by Gasteiger charge is 2.15. The second kappa shape index (κ2) is 7.40. The van der Waals surface area contributed by atoms with Crippen LogP contribution in [0, 0.1) is 6.92 Å². The van der Waals surface area contributed by atoms with E-state index in [1.54, 1.807) is 17.7 Å². The average molecular weight is 393 g/mol. The van der Waals surface area contributed by atoms with Crippen LogP contribution in [0.15, 0.2) is 42.5 Å². The number of hydrogen-bond donors (Lipinski definition) is 1. The van der Waals surface area contributed by atoms with E-state index in [-0.39, 0.29) is 5.91 Å². The third kappa shape index (κ3) is 3.34. The Morgan fingerprint density at radius 1 is 1.21 bits per heavy atom. The summed E-state index contributed by atoms with van der Waals surface area (Å²) in [4.78, 5) is 13.4. The maximum Gasteiger partial charge on any atom is 0.255 e. The highest BCUT2D eigenvalue weighted by atomic mass is 32.1. The standard InChI is InChI=1S/C20H19N5O2S/c1-4-17-22-23-20-25(17)24-19(28-20)14-8-9-16(27-3)15(11-14)21-18(26)13-7-5-6-12(2)10-13/h5-11H,4H2,1-3H3,(H,21,26). The van der Waals surface area contributed by atoms with Crippen molar-refractivity contribution in [2.75, 3.05) is 12.4 Å². The van der Waals surface area contributed by atoms with Crippen LogP contribution in [-0.2, 0) is 6.42 Å². The Morgan fingerprint density at radius 3 is 2.82 bits per heavy atom. The van der Waals surface area contributed by atoms with Gasteiger partial charge in [-0.2, -0.15) is 9.61 Å². The van der Waals surface area contributed by atoms with Crippen LogP contribution in [-0.4, -0.2) is 32.8 Å². The number of carbonyl (C=O) groups excluding carboxylic acids is 1. The Balaban J connectivity index is 1.68. The smallest absolute Gasteiger partial charge is 0.255 e. The first-order valence-electron chi connectivity index (χ1n) is 8.86. The van der Waals surface area contributed by atoms with Gasteiger partial charge in [-0.05, 0) is 37.3 Å². The van der Waals surface area contributed by atoms with Crippen LogP contribution in [0.4, 0.5) is 5.69 Å². The van der Waals surface area contributed by atoms with Gasteiger partial charge in [0.25, 0.3) is 5.91 Å². The summed E-state index contributed by atoms with van der Waals surface area (Å²) in [5.41, 5.74) is 3.09. The number of aromatic nitrogens is 4. The molecule has 28 heavy (non-hydrogen) atoms. The van der Waals surface area contributed by atoms with Crippen molar-refractivity contribution in [2.24, 2.45) is 0 Å². The Bertz CT molecular complexity index is 1160. The van der Waals surface area contributed by atoms with Crippen molar-refractivity contribution < 1.29 is 9.53 Å². The largest absolute Gasteiger partial charge is 0.495 e. The first-order chi connectivity index (χ1) is 13.6. The van der Waals surface area contributed by atoms with Crippen LogP contribution in [0.1, 0.15) is 28.7 Å². The molecule has 0 bridgehead atoms. The molecule has 0 fully saturated rings. The molecule has 1 N–H and O–H groups in total. The lowest BCUT2D eigenvalue weighted by atomic mass is 10.1. The predicted molar refractivity (Wildman–Crippen MR) is 109 cm³/mol. The second-order valence-electron chi connectivity index (χ2n) is 6.31. The highest BCUT2D eigenvalue weighted by molar-refractivity contribution is 7.19. The molecular formula is C20H19N5O2S. The molecule has 0 radical (unpaired) electrons. The van der Waals surface area contributed by atoms with Gasteiger partial charge in [0.05, 0.1) is 12.8 Å². The Kier molecular flexibility index (Phi) is 4.79. The average Bonchev–Trinajstić information content (AvgIpc) is 3.28. The fraction of sp³-hybridized carbons (Fsp3) is 0.200. The molecule has 2 heterocycles. The van der Waals surface area contributed by atoms with Crippen molar-refractivity contribution in [2.45, 2.75) is 20.3 Å². The summed E-state index contributed by atoms with van der Waals surface area (Å²) in [6.07, 6.45) is 0.755. The molecule has 142 valence electrons. The summed E-state index contributed by atoms with van der Waals surface area (Å²) in [7, 11) is 1.58. The van der Waals surface area contributed by atoms with Gasteiger partial charge in [0.15, 0.2) is 5.82 Å². The van der Waals surface area contributed by atoms with Crippen LogP contribution in [0.5, 0.6) is 5.75 Å². The molecule has 2 aromatic heterocycles. The van der Waals surface area contributed by atoms with Gasteiger partial charge < -0.3 is 10.1 Å². The molecule has 0 atom stereocenters. The summed E-state index contributed by atoms with van der Waals surface area (Å²) in [5, 5.41) is 16.6. The van der Waals surface area contributed by atoms with Crippen molar-refractivity contribution >= 4 is 27.9 Å². The van der Waals surface area contributed by atoms with Gasteiger partial charge in [-0.3, -0.25) is 4.79 Å². The number of nitrogens with zero attached hydrogens (tertiary/aromatic N) is 4. The zero-order valence-corrected chi connectivity index (χ0v) is 16.6. The fourth-order valence-electron chi connectivity index (χ4n) is 2.91. The van der Waals surface area contributed by atoms with E-state index in [2.05, 4.69) is 20.6 Å². The SMILES string of the molecule is CCc1nnc2sc(-c3ccc(OC)c(NC(=O)c4cccc(C)c4)c3)nn12. The van der Waals surface area contributed by atoms with E-state index in [1.165, 1.54) is 11.3 Å². The normalized spacial score (nSPS) is 11.0. The topological polar surface area (TPSA) is 81.4 Å². The molecule has 8 heteroatoms. The third-order valence-electron chi connectivity index (χ3n) is 4.35. The van der Waals surface area contributed by atoms with E-state index in [4.69, 9.17) is 4.74 Å². The molecule has 0 aliphatic heterocycles. The number of fused-ring (bicyclic) bond motifs is 1. The quantitative estimate of drug-likeness (QED) is 0.555. The van der Waals surface area contributed by atoms with E-state index >= 15 is 0 Å². The Morgan fingerprint density at radius 2 is 2.07 bits per heavy atom. The molecule has 0 aliphatic carbocycles. The van der Waals surface area contributed by atoms with Gasteiger partial charge >= 0.3 is 0 Å². The summed E-state index contributed by atoms with van der Waals surface area (Å²) >= 11 is 1.45. The molecule has 0 saturated heterocycles. The van der Waals surface area contributed by atoms with Crippen molar-refractivity contribution in [1.82, 2.24) is 19.8 Å². The fourth-order valence-corrected chi connectivity index (χ4v) is 3.77. The highest BCUT2D eigenvalue weighted by Crippen LogP contribution is 2.33. The summed E-state index contributed by atoms with van der Waals surface area (Å²) in [5.74, 6) is 1.21. The monoisotopic (exact) mass is 393 g/mol. The minimum absolute atomic E-state index is 0.189. The number of methoxy groups -OCH3 is 1.